The first-order chi connectivity index (χ1) is 13.0. The van der Waals surface area contributed by atoms with Crippen LogP contribution in [0.1, 0.15) is 0 Å². The maximum Gasteiger partial charge on any atom is 0.401 e. The van der Waals surface area contributed by atoms with Crippen LogP contribution in [0, 0.1) is 5.82 Å². The molecular formula is C16H18F4N4O4. The van der Waals surface area contributed by atoms with E-state index in [0.717, 1.165) is 19.2 Å². The molecule has 0 saturated carbocycles. The lowest BCUT2D eigenvalue weighted by atomic mass is 10.2. The van der Waals surface area contributed by atoms with Crippen molar-refractivity contribution in [3.8, 4) is 0 Å². The molecule has 1 atom stereocenters. The van der Waals surface area contributed by atoms with Gasteiger partial charge in [0.2, 0.25) is 5.91 Å². The summed E-state index contributed by atoms with van der Waals surface area (Å²) in [6.45, 7) is -1.21. The Kier molecular flexibility index (Phi) is 6.56. The highest BCUT2D eigenvalue weighted by molar-refractivity contribution is 6.09. The zero-order valence-corrected chi connectivity index (χ0v) is 14.8. The van der Waals surface area contributed by atoms with Gasteiger partial charge in [-0.2, -0.15) is 13.2 Å². The van der Waals surface area contributed by atoms with Crippen molar-refractivity contribution >= 4 is 29.1 Å². The summed E-state index contributed by atoms with van der Waals surface area (Å²) < 4.78 is 56.8. The number of nitrogens with one attached hydrogen (secondary N) is 1. The first kappa shape index (κ1) is 21.6. The highest BCUT2D eigenvalue weighted by Crippen LogP contribution is 2.24. The van der Waals surface area contributed by atoms with Gasteiger partial charge < -0.3 is 20.7 Å². The molecule has 0 aliphatic carbocycles. The fraction of sp³-hybridized carbons (Fsp3) is 0.438. The van der Waals surface area contributed by atoms with E-state index in [0.29, 0.717) is 4.90 Å². The van der Waals surface area contributed by atoms with Gasteiger partial charge in [-0.1, -0.05) is 0 Å². The molecule has 1 aromatic carbocycles. The number of nitrogens with zero attached hydrogens (tertiary/aromatic N) is 2. The quantitative estimate of drug-likeness (QED) is 0.528. The minimum atomic E-state index is -4.67. The summed E-state index contributed by atoms with van der Waals surface area (Å²) in [6.07, 6.45) is -4.67. The molecule has 1 aromatic rings. The number of ether oxygens (including phenoxy) is 1. The van der Waals surface area contributed by atoms with E-state index in [1.807, 2.05) is 5.32 Å². The van der Waals surface area contributed by atoms with E-state index in [1.165, 1.54) is 11.0 Å². The summed E-state index contributed by atoms with van der Waals surface area (Å²) in [7, 11) is 0.895. The van der Waals surface area contributed by atoms with Crippen LogP contribution in [-0.2, 0) is 19.1 Å². The molecule has 0 radical (unpaired) electrons. The van der Waals surface area contributed by atoms with E-state index < -0.39 is 36.4 Å². The van der Waals surface area contributed by atoms with Gasteiger partial charge in [-0.25, -0.2) is 4.39 Å². The highest BCUT2D eigenvalue weighted by Gasteiger charge is 2.37. The van der Waals surface area contributed by atoms with Gasteiger partial charge in [0.25, 0.3) is 11.8 Å². The molecule has 1 saturated heterocycles. The Hall–Kier alpha value is -2.73. The molecule has 2 rings (SSSR count). The van der Waals surface area contributed by atoms with Gasteiger partial charge in [0.15, 0.2) is 6.04 Å². The molecule has 3 amide bonds. The molecule has 1 fully saturated rings. The number of hydrogen-bond donors (Lipinski definition) is 2. The van der Waals surface area contributed by atoms with Crippen LogP contribution in [0.3, 0.4) is 0 Å². The lowest BCUT2D eigenvalue weighted by Gasteiger charge is -2.27. The predicted octanol–water partition coefficient (Wildman–Crippen LogP) is 0.475. The van der Waals surface area contributed by atoms with Crippen LogP contribution >= 0.6 is 0 Å². The van der Waals surface area contributed by atoms with Crippen molar-refractivity contribution < 1.29 is 36.7 Å². The van der Waals surface area contributed by atoms with E-state index >= 15 is 0 Å². The van der Waals surface area contributed by atoms with Gasteiger partial charge in [0.05, 0.1) is 18.8 Å². The van der Waals surface area contributed by atoms with Crippen LogP contribution in [0.2, 0.25) is 0 Å². The number of carbonyl (C=O) groups is 3. The number of amides is 3. The number of rotatable bonds is 6. The first-order valence-electron chi connectivity index (χ1n) is 8.04. The molecule has 8 nitrogen and oxygen atoms in total. The van der Waals surface area contributed by atoms with Crippen LogP contribution < -0.4 is 16.0 Å². The molecule has 28 heavy (non-hydrogen) atoms. The monoisotopic (exact) mass is 406 g/mol. The van der Waals surface area contributed by atoms with Crippen molar-refractivity contribution in [2.45, 2.75) is 12.2 Å². The number of hydrogen-bond acceptors (Lipinski definition) is 5. The number of alkyl halides is 3. The second-order valence-electron chi connectivity index (χ2n) is 6.09. The Morgan fingerprint density at radius 3 is 2.61 bits per heavy atom. The topological polar surface area (TPSA) is 105 Å². The number of halogens is 4. The van der Waals surface area contributed by atoms with Gasteiger partial charge in [-0.05, 0) is 25.2 Å². The third kappa shape index (κ3) is 5.39. The van der Waals surface area contributed by atoms with Crippen LogP contribution in [0.4, 0.5) is 28.9 Å². The van der Waals surface area contributed by atoms with Crippen molar-refractivity contribution in [2.24, 2.45) is 5.73 Å². The number of carbonyl (C=O) groups excluding carboxylic acids is 3. The molecule has 12 heteroatoms. The summed E-state index contributed by atoms with van der Waals surface area (Å²) in [5.74, 6) is -3.84. The predicted molar refractivity (Wildman–Crippen MR) is 89.9 cm³/mol. The van der Waals surface area contributed by atoms with Crippen molar-refractivity contribution in [1.82, 2.24) is 4.90 Å². The summed E-state index contributed by atoms with van der Waals surface area (Å²) in [4.78, 5) is 37.1. The molecule has 1 heterocycles. The summed E-state index contributed by atoms with van der Waals surface area (Å²) in [5, 5.41) is 2.05. The minimum absolute atomic E-state index is 0.147. The number of benzene rings is 1. The van der Waals surface area contributed by atoms with Crippen LogP contribution in [0.15, 0.2) is 18.2 Å². The Bertz CT molecular complexity index is 772. The van der Waals surface area contributed by atoms with E-state index in [1.54, 1.807) is 0 Å². The second-order valence-corrected chi connectivity index (χ2v) is 6.09. The van der Waals surface area contributed by atoms with Crippen molar-refractivity contribution in [3.63, 3.8) is 0 Å². The zero-order chi connectivity index (χ0) is 21.1. The average Bonchev–Trinajstić information content (AvgIpc) is 2.55. The third-order valence-corrected chi connectivity index (χ3v) is 3.90. The molecule has 154 valence electrons. The SMILES string of the molecule is CN(CC(F)(F)F)[C@@H](C(N)=O)C(=O)Nc1ccc(N2CCOCC2=O)cc1F. The lowest BCUT2D eigenvalue weighted by molar-refractivity contribution is -0.154. The third-order valence-electron chi connectivity index (χ3n) is 3.90. The largest absolute Gasteiger partial charge is 0.401 e. The lowest BCUT2D eigenvalue weighted by Crippen LogP contribution is -2.52. The number of morpholine rings is 1. The van der Waals surface area contributed by atoms with Crippen molar-refractivity contribution in [1.29, 1.82) is 0 Å². The van der Waals surface area contributed by atoms with E-state index in [-0.39, 0.29) is 37.0 Å². The fourth-order valence-corrected chi connectivity index (χ4v) is 2.69. The summed E-state index contributed by atoms with van der Waals surface area (Å²) in [6, 6.07) is 1.51. The number of primary amides is 1. The fourth-order valence-electron chi connectivity index (χ4n) is 2.69. The number of anilines is 2. The normalized spacial score (nSPS) is 16.2. The van der Waals surface area contributed by atoms with Gasteiger partial charge >= 0.3 is 6.18 Å². The van der Waals surface area contributed by atoms with Gasteiger partial charge in [-0.15, -0.1) is 0 Å². The Labute approximate surface area is 157 Å². The average molecular weight is 406 g/mol. The molecule has 0 unspecified atom stereocenters. The first-order valence-corrected chi connectivity index (χ1v) is 8.04. The van der Waals surface area contributed by atoms with Gasteiger partial charge in [-0.3, -0.25) is 19.3 Å². The Morgan fingerprint density at radius 2 is 2.07 bits per heavy atom. The zero-order valence-electron chi connectivity index (χ0n) is 14.8. The van der Waals surface area contributed by atoms with Crippen LogP contribution in [0.25, 0.3) is 0 Å². The van der Waals surface area contributed by atoms with Crippen LogP contribution in [-0.4, -0.2) is 68.2 Å². The molecule has 1 aliphatic heterocycles. The maximum absolute atomic E-state index is 14.3. The van der Waals surface area contributed by atoms with E-state index in [4.69, 9.17) is 10.5 Å². The van der Waals surface area contributed by atoms with Crippen molar-refractivity contribution in [2.75, 3.05) is 43.6 Å². The minimum Gasteiger partial charge on any atom is -0.370 e. The molecule has 0 aromatic heterocycles. The second kappa shape index (κ2) is 8.52. The molecule has 0 spiro atoms. The molecular weight excluding hydrogens is 388 g/mol. The van der Waals surface area contributed by atoms with Gasteiger partial charge in [0, 0.05) is 12.2 Å². The standard InChI is InChI=1S/C16H18F4N4O4/c1-23(8-16(18,19)20)13(14(21)26)15(27)22-11-3-2-9(6-10(11)17)24-4-5-28-7-12(24)25/h2-3,6,13H,4-5,7-8H2,1H3,(H2,21,26)(H,22,27)/t13-/m0/s1. The van der Waals surface area contributed by atoms with E-state index in [2.05, 4.69) is 0 Å². The maximum atomic E-state index is 14.3. The van der Waals surface area contributed by atoms with Crippen molar-refractivity contribution in [3.05, 3.63) is 24.0 Å². The molecule has 0 bridgehead atoms. The highest BCUT2D eigenvalue weighted by atomic mass is 19.4. The Balaban J connectivity index is 2.15. The Morgan fingerprint density at radius 1 is 1.39 bits per heavy atom. The smallest absolute Gasteiger partial charge is 0.370 e. The van der Waals surface area contributed by atoms with Gasteiger partial charge in [0.1, 0.15) is 12.4 Å². The molecule has 3 N–H and O–H groups in total. The molecule has 1 aliphatic rings. The summed E-state index contributed by atoms with van der Waals surface area (Å²) in [5.41, 5.74) is 4.88. The number of nitrogens with two attached hydrogens (primary N) is 1. The summed E-state index contributed by atoms with van der Waals surface area (Å²) >= 11 is 0. The number of likely N-dealkylation sites (N-methyl/N-ethyl adjacent to an activating group) is 1. The van der Waals surface area contributed by atoms with Crippen LogP contribution in [0.5, 0.6) is 0 Å². The van der Waals surface area contributed by atoms with E-state index in [9.17, 15) is 31.9 Å².